The third-order valence-electron chi connectivity index (χ3n) is 9.47. The summed E-state index contributed by atoms with van der Waals surface area (Å²) < 4.78 is 122. The molecule has 0 fully saturated rings. The summed E-state index contributed by atoms with van der Waals surface area (Å²) in [5.74, 6) is 0. The van der Waals surface area contributed by atoms with Crippen molar-refractivity contribution in [2.24, 2.45) is 0 Å². The van der Waals surface area contributed by atoms with Crippen LogP contribution in [0.4, 0.5) is 0 Å². The highest BCUT2D eigenvalue weighted by atomic mass is 16.3. The maximum absolute atomic E-state index is 9.41. The average molecular weight is 650 g/mol. The van der Waals surface area contributed by atoms with Crippen molar-refractivity contribution in [3.63, 3.8) is 0 Å². The maximum atomic E-state index is 9.41. The van der Waals surface area contributed by atoms with Gasteiger partial charge in [0.2, 0.25) is 0 Å². The lowest BCUT2D eigenvalue weighted by Gasteiger charge is -2.19. The Hall–Kier alpha value is -6.44. The average Bonchev–Trinajstić information content (AvgIpc) is 3.69. The second-order valence-corrected chi connectivity index (χ2v) is 12.2. The zero-order valence-corrected chi connectivity index (χ0v) is 26.4. The number of furan rings is 1. The van der Waals surface area contributed by atoms with Gasteiger partial charge in [0.1, 0.15) is 11.2 Å². The van der Waals surface area contributed by atoms with Crippen LogP contribution < -0.4 is 0 Å². The fourth-order valence-corrected chi connectivity index (χ4v) is 7.26. The Kier molecular flexibility index (Phi) is 4.26. The van der Waals surface area contributed by atoms with Gasteiger partial charge in [0.25, 0.3) is 0 Å². The minimum atomic E-state index is -0.619. The van der Waals surface area contributed by atoms with Gasteiger partial charge in [0, 0.05) is 16.3 Å². The van der Waals surface area contributed by atoms with E-state index in [1.165, 1.54) is 0 Å². The van der Waals surface area contributed by atoms with Crippen molar-refractivity contribution >= 4 is 54.3 Å². The van der Waals surface area contributed by atoms with Crippen molar-refractivity contribution < 1.29 is 22.2 Å². The van der Waals surface area contributed by atoms with Crippen LogP contribution in [-0.2, 0) is 6.42 Å². The van der Waals surface area contributed by atoms with E-state index in [0.717, 1.165) is 38.4 Å². The van der Waals surface area contributed by atoms with Crippen LogP contribution in [0.1, 0.15) is 28.9 Å². The molecule has 0 saturated heterocycles. The molecule has 1 aromatic heterocycles. The first-order chi connectivity index (χ1) is 30.2. The summed E-state index contributed by atoms with van der Waals surface area (Å²) in [5, 5.41) is 2.96. The molecule has 10 rings (SSSR count). The van der Waals surface area contributed by atoms with Gasteiger partial charge in [0.15, 0.2) is 0 Å². The van der Waals surface area contributed by atoms with Gasteiger partial charge >= 0.3 is 0 Å². The largest absolute Gasteiger partial charge is 0.455 e. The molecule has 0 aliphatic rings. The molecule has 0 spiro atoms. The van der Waals surface area contributed by atoms with Crippen molar-refractivity contribution in [2.45, 2.75) is 6.42 Å². The first kappa shape index (κ1) is 18.4. The van der Waals surface area contributed by atoms with E-state index < -0.39 is 85.0 Å². The summed E-state index contributed by atoms with van der Waals surface area (Å²) in [7, 11) is 0. The lowest BCUT2D eigenvalue weighted by molar-refractivity contribution is 0.670. The Bertz CT molecular complexity index is 3520. The molecule has 0 amide bonds. The van der Waals surface area contributed by atoms with Gasteiger partial charge in [0.05, 0.1) is 17.8 Å². The zero-order valence-electron chi connectivity index (χ0n) is 39.4. The molecule has 0 atom stereocenters. The molecule has 50 heavy (non-hydrogen) atoms. The second-order valence-electron chi connectivity index (χ2n) is 12.2. The molecule has 1 heteroatoms. The number of hydrogen-bond acceptors (Lipinski definition) is 1. The molecule has 0 aliphatic carbocycles. The molecule has 0 saturated carbocycles. The van der Waals surface area contributed by atoms with E-state index in [-0.39, 0.29) is 38.2 Å². The van der Waals surface area contributed by atoms with Crippen LogP contribution in [0.3, 0.4) is 0 Å². The van der Waals surface area contributed by atoms with Crippen LogP contribution in [0.5, 0.6) is 0 Å². The van der Waals surface area contributed by atoms with Crippen LogP contribution >= 0.6 is 0 Å². The van der Waals surface area contributed by atoms with E-state index in [1.54, 1.807) is 6.07 Å². The molecule has 9 aromatic carbocycles. The lowest BCUT2D eigenvalue weighted by Crippen LogP contribution is -1.96. The third-order valence-corrected chi connectivity index (χ3v) is 9.47. The highest BCUT2D eigenvalue weighted by Gasteiger charge is 2.20. The van der Waals surface area contributed by atoms with Gasteiger partial charge in [-0.2, -0.15) is 0 Å². The summed E-state index contributed by atoms with van der Waals surface area (Å²) in [6.45, 7) is 0. The normalized spacial score (nSPS) is 15.3. The molecule has 0 unspecified atom stereocenters. The number of rotatable bonds is 5. The Morgan fingerprint density at radius 1 is 0.420 bits per heavy atom. The number of hydrogen-bond donors (Lipinski definition) is 0. The van der Waals surface area contributed by atoms with Crippen LogP contribution in [0.2, 0.25) is 0 Å². The molecule has 0 bridgehead atoms. The molecule has 0 radical (unpaired) electrons. The summed E-state index contributed by atoms with van der Waals surface area (Å²) in [4.78, 5) is 0. The number of benzene rings is 9. The van der Waals surface area contributed by atoms with Crippen LogP contribution in [-0.4, -0.2) is 0 Å². The molecular formula is C49H32O. The second kappa shape index (κ2) is 11.6. The van der Waals surface area contributed by atoms with Gasteiger partial charge in [-0.15, -0.1) is 0 Å². The van der Waals surface area contributed by atoms with E-state index in [1.807, 2.05) is 78.9 Å². The fraction of sp³-hybridized carbons (Fsp3) is 0.0204. The molecule has 0 N–H and O–H groups in total. The Balaban J connectivity index is 1.31. The maximum Gasteiger partial charge on any atom is 0.143 e. The van der Waals surface area contributed by atoms with Crippen molar-refractivity contribution in [1.82, 2.24) is 0 Å². The van der Waals surface area contributed by atoms with E-state index in [9.17, 15) is 5.48 Å². The highest BCUT2D eigenvalue weighted by molar-refractivity contribution is 6.21. The Morgan fingerprint density at radius 3 is 1.78 bits per heavy atom. The molecule has 10 aromatic rings. The Morgan fingerprint density at radius 2 is 1.04 bits per heavy atom. The minimum absolute atomic E-state index is 0.0193. The van der Waals surface area contributed by atoms with Crippen LogP contribution in [0.25, 0.3) is 87.6 Å². The van der Waals surface area contributed by atoms with Crippen LogP contribution in [0.15, 0.2) is 186 Å². The fourth-order valence-electron chi connectivity index (χ4n) is 7.26. The highest BCUT2D eigenvalue weighted by Crippen LogP contribution is 2.46. The van der Waals surface area contributed by atoms with Crippen molar-refractivity contribution in [2.75, 3.05) is 0 Å². The van der Waals surface area contributed by atoms with Crippen LogP contribution in [0, 0.1) is 0 Å². The summed E-state index contributed by atoms with van der Waals surface area (Å²) >= 11 is 0. The SMILES string of the molecule is [2H]c1c([2H])c([2H])c(Cc2c3c([2H])c([2H])c([2H])c([2H])c3c(-c3ccc(-c4cccc5c4oc4ccc(-c6ccccc6)cc45)c4ccccc34)c3c([2H])c([2H])c([2H])c([2H])c23)c([2H])c1[2H]. The van der Waals surface area contributed by atoms with Crippen molar-refractivity contribution in [3.8, 4) is 33.4 Å². The van der Waals surface area contributed by atoms with Crippen molar-refractivity contribution in [3.05, 3.63) is 193 Å². The third kappa shape index (κ3) is 4.55. The minimum Gasteiger partial charge on any atom is -0.455 e. The van der Waals surface area contributed by atoms with Gasteiger partial charge in [-0.05, 0) is 89.8 Å². The monoisotopic (exact) mass is 649 g/mol. The smallest absolute Gasteiger partial charge is 0.143 e. The van der Waals surface area contributed by atoms with E-state index >= 15 is 0 Å². The van der Waals surface area contributed by atoms with Gasteiger partial charge < -0.3 is 4.42 Å². The van der Waals surface area contributed by atoms with Gasteiger partial charge in [-0.1, -0.05) is 170 Å². The number of fused-ring (bicyclic) bond motifs is 6. The summed E-state index contributed by atoms with van der Waals surface area (Å²) in [5.41, 5.74) is 5.42. The summed E-state index contributed by atoms with van der Waals surface area (Å²) in [6, 6.07) is 26.1. The number of para-hydroxylation sites is 1. The summed E-state index contributed by atoms with van der Waals surface area (Å²) in [6.07, 6.45) is -0.499. The first-order valence-electron chi connectivity index (χ1n) is 22.7. The quantitative estimate of drug-likeness (QED) is 0.169. The topological polar surface area (TPSA) is 13.1 Å². The lowest BCUT2D eigenvalue weighted by atomic mass is 9.84. The van der Waals surface area contributed by atoms with E-state index in [4.69, 9.17) is 16.8 Å². The molecule has 0 aliphatic heterocycles. The predicted octanol–water partition coefficient (Wildman–Crippen LogP) is 13.6. The molecule has 234 valence electrons. The van der Waals surface area contributed by atoms with E-state index in [2.05, 4.69) is 18.2 Å². The Labute approximate surface area is 308 Å². The standard InChI is InChI=1S/C49H32O/c1-3-14-32(15-4-1)30-45-37-20-9-11-22-40(37)48(41-23-12-10-21-38(41)45)42-28-27-39(35-18-7-8-19-36(35)42)43-24-13-25-44-46-31-34(33-16-5-2-6-17-33)26-29-47(46)50-49(43)44/h1-29,31H,30H2/i1D,3D,4D,9D,10D,11D,12D,14D,15D,20D,21D,22D,23D. The predicted molar refractivity (Wildman–Crippen MR) is 212 cm³/mol. The van der Waals surface area contributed by atoms with Gasteiger partial charge in [-0.25, -0.2) is 0 Å². The zero-order chi connectivity index (χ0) is 44.3. The first-order valence-corrected chi connectivity index (χ1v) is 16.2. The molecule has 1 heterocycles. The molecule has 1 nitrogen and oxygen atoms in total. The molecular weight excluding hydrogens is 605 g/mol. The van der Waals surface area contributed by atoms with Crippen molar-refractivity contribution in [1.29, 1.82) is 0 Å². The van der Waals surface area contributed by atoms with E-state index in [0.29, 0.717) is 22.1 Å². The van der Waals surface area contributed by atoms with Gasteiger partial charge in [-0.3, -0.25) is 0 Å².